The lowest BCUT2D eigenvalue weighted by atomic mass is 9.89. The van der Waals surface area contributed by atoms with Crippen LogP contribution in [0.2, 0.25) is 0 Å². The van der Waals surface area contributed by atoms with Crippen molar-refractivity contribution in [3.8, 4) is 0 Å². The first kappa shape index (κ1) is 25.9. The molecule has 1 aliphatic carbocycles. The van der Waals surface area contributed by atoms with Crippen LogP contribution in [0, 0.1) is 0 Å². The first-order valence-electron chi connectivity index (χ1n) is 14.0. The van der Waals surface area contributed by atoms with Crippen molar-refractivity contribution in [1.82, 2.24) is 19.8 Å². The van der Waals surface area contributed by atoms with Crippen molar-refractivity contribution in [1.29, 1.82) is 0 Å². The number of para-hydroxylation sites is 2. The SMILES string of the molecule is COC(=O)C(C)(C)NC(=O)c1nc2ccccc2n(C2CC3CCC(C2)N3C2CCCCCCC2)c1=O. The standard InChI is InChI=1S/C29H40N4O4/c1-29(2,28(36)37-3)31-26(34)25-27(35)33(24-14-10-9-13-23(24)30-25)22-17-20-15-16-21(18-22)32(20)19-11-7-5-4-6-8-12-19/h9-10,13-14,19-22H,4-8,11-12,15-18H2,1-3H3,(H,31,34). The van der Waals surface area contributed by atoms with E-state index < -0.39 is 17.4 Å². The molecule has 1 aromatic carbocycles. The molecule has 1 saturated carbocycles. The number of benzene rings is 1. The number of hydrogen-bond acceptors (Lipinski definition) is 6. The molecule has 1 amide bonds. The minimum atomic E-state index is -1.28. The molecule has 3 aliphatic rings. The van der Waals surface area contributed by atoms with Gasteiger partial charge in [-0.2, -0.15) is 0 Å². The summed E-state index contributed by atoms with van der Waals surface area (Å²) in [6.07, 6.45) is 13.4. The molecule has 2 aromatic rings. The average molecular weight is 509 g/mol. The highest BCUT2D eigenvalue weighted by molar-refractivity contribution is 5.97. The number of methoxy groups -OCH3 is 1. The Kier molecular flexibility index (Phi) is 7.39. The molecule has 37 heavy (non-hydrogen) atoms. The Morgan fingerprint density at radius 3 is 2.19 bits per heavy atom. The van der Waals surface area contributed by atoms with Crippen molar-refractivity contribution in [3.05, 3.63) is 40.3 Å². The third-order valence-corrected chi connectivity index (χ3v) is 8.76. The summed E-state index contributed by atoms with van der Waals surface area (Å²) >= 11 is 0. The van der Waals surface area contributed by atoms with Gasteiger partial charge in [0, 0.05) is 24.2 Å². The molecule has 3 heterocycles. The third-order valence-electron chi connectivity index (χ3n) is 8.76. The second kappa shape index (κ2) is 10.6. The first-order valence-corrected chi connectivity index (χ1v) is 14.0. The summed E-state index contributed by atoms with van der Waals surface area (Å²) in [5, 5.41) is 2.65. The summed E-state index contributed by atoms with van der Waals surface area (Å²) in [5.41, 5.74) is -0.470. The lowest BCUT2D eigenvalue weighted by molar-refractivity contribution is -0.146. The number of esters is 1. The van der Waals surface area contributed by atoms with Crippen molar-refractivity contribution < 1.29 is 14.3 Å². The number of rotatable bonds is 5. The van der Waals surface area contributed by atoms with E-state index in [9.17, 15) is 14.4 Å². The molecule has 2 bridgehead atoms. The van der Waals surface area contributed by atoms with E-state index in [4.69, 9.17) is 4.74 Å². The second-order valence-electron chi connectivity index (χ2n) is 11.7. The number of carbonyl (C=O) groups excluding carboxylic acids is 2. The van der Waals surface area contributed by atoms with Crippen molar-refractivity contribution in [2.75, 3.05) is 7.11 Å². The largest absolute Gasteiger partial charge is 0.467 e. The lowest BCUT2D eigenvalue weighted by Gasteiger charge is -2.45. The zero-order valence-electron chi connectivity index (χ0n) is 22.4. The number of piperidine rings is 1. The van der Waals surface area contributed by atoms with Gasteiger partial charge in [-0.25, -0.2) is 9.78 Å². The summed E-state index contributed by atoms with van der Waals surface area (Å²) < 4.78 is 6.64. The minimum absolute atomic E-state index is 0.0165. The maximum absolute atomic E-state index is 13.9. The number of ether oxygens (including phenoxy) is 1. The fraction of sp³-hybridized carbons (Fsp3) is 0.655. The summed E-state index contributed by atoms with van der Waals surface area (Å²) in [6.45, 7) is 3.11. The number of aromatic nitrogens is 2. The van der Waals surface area contributed by atoms with Crippen LogP contribution in [0.3, 0.4) is 0 Å². The number of nitrogens with zero attached hydrogens (tertiary/aromatic N) is 3. The van der Waals surface area contributed by atoms with Crippen LogP contribution in [0.5, 0.6) is 0 Å². The van der Waals surface area contributed by atoms with Gasteiger partial charge >= 0.3 is 5.97 Å². The van der Waals surface area contributed by atoms with Gasteiger partial charge in [0.25, 0.3) is 11.5 Å². The molecule has 0 radical (unpaired) electrons. The molecule has 1 N–H and O–H groups in total. The van der Waals surface area contributed by atoms with Crippen LogP contribution in [0.4, 0.5) is 0 Å². The summed E-state index contributed by atoms with van der Waals surface area (Å²) in [6, 6.07) is 9.17. The molecule has 2 aliphatic heterocycles. The Morgan fingerprint density at radius 1 is 0.919 bits per heavy atom. The number of amides is 1. The Morgan fingerprint density at radius 2 is 1.54 bits per heavy atom. The predicted octanol–water partition coefficient (Wildman–Crippen LogP) is 4.36. The van der Waals surface area contributed by atoms with E-state index in [1.54, 1.807) is 13.8 Å². The first-order chi connectivity index (χ1) is 17.8. The van der Waals surface area contributed by atoms with Crippen LogP contribution in [-0.2, 0) is 9.53 Å². The van der Waals surface area contributed by atoms with E-state index in [0.717, 1.165) is 18.4 Å². The van der Waals surface area contributed by atoms with Crippen molar-refractivity contribution in [3.63, 3.8) is 0 Å². The number of hydrogen-bond donors (Lipinski definition) is 1. The van der Waals surface area contributed by atoms with E-state index in [-0.39, 0.29) is 17.3 Å². The highest BCUT2D eigenvalue weighted by Gasteiger charge is 2.45. The molecular weight excluding hydrogens is 468 g/mol. The molecular formula is C29H40N4O4. The fourth-order valence-corrected chi connectivity index (χ4v) is 7.04. The molecule has 3 fully saturated rings. The van der Waals surface area contributed by atoms with Crippen LogP contribution in [-0.4, -0.2) is 57.1 Å². The summed E-state index contributed by atoms with van der Waals surface area (Å²) in [7, 11) is 1.27. The van der Waals surface area contributed by atoms with Gasteiger partial charge in [0.1, 0.15) is 5.54 Å². The van der Waals surface area contributed by atoms with Gasteiger partial charge < -0.3 is 14.6 Å². The van der Waals surface area contributed by atoms with Gasteiger partial charge in [-0.3, -0.25) is 14.5 Å². The Labute approximate surface area is 218 Å². The van der Waals surface area contributed by atoms with Crippen LogP contribution in [0.15, 0.2) is 29.1 Å². The summed E-state index contributed by atoms with van der Waals surface area (Å²) in [5.74, 6) is -1.24. The van der Waals surface area contributed by atoms with E-state index in [0.29, 0.717) is 23.6 Å². The van der Waals surface area contributed by atoms with Crippen LogP contribution >= 0.6 is 0 Å². The molecule has 0 spiro atoms. The number of fused-ring (bicyclic) bond motifs is 3. The molecule has 2 saturated heterocycles. The molecule has 1 aromatic heterocycles. The van der Waals surface area contributed by atoms with Crippen molar-refractivity contribution in [2.24, 2.45) is 0 Å². The quantitative estimate of drug-likeness (QED) is 0.604. The maximum atomic E-state index is 13.9. The molecule has 8 heteroatoms. The number of nitrogens with one attached hydrogen (secondary N) is 1. The molecule has 8 nitrogen and oxygen atoms in total. The van der Waals surface area contributed by atoms with Crippen LogP contribution < -0.4 is 10.9 Å². The average Bonchev–Trinajstić information content (AvgIpc) is 3.11. The van der Waals surface area contributed by atoms with Gasteiger partial charge in [-0.15, -0.1) is 0 Å². The topological polar surface area (TPSA) is 93.5 Å². The molecule has 200 valence electrons. The monoisotopic (exact) mass is 508 g/mol. The fourth-order valence-electron chi connectivity index (χ4n) is 7.04. The summed E-state index contributed by atoms with van der Waals surface area (Å²) in [4.78, 5) is 46.5. The Bertz CT molecular complexity index is 1200. The van der Waals surface area contributed by atoms with E-state index in [1.807, 2.05) is 28.8 Å². The van der Waals surface area contributed by atoms with Gasteiger partial charge in [0.2, 0.25) is 0 Å². The number of carbonyl (C=O) groups is 2. The third kappa shape index (κ3) is 5.05. The predicted molar refractivity (Wildman–Crippen MR) is 143 cm³/mol. The van der Waals surface area contributed by atoms with E-state index >= 15 is 0 Å². The van der Waals surface area contributed by atoms with Gasteiger partial charge in [0.05, 0.1) is 18.1 Å². The molecule has 5 rings (SSSR count). The Hall–Kier alpha value is -2.74. The van der Waals surface area contributed by atoms with E-state index in [1.165, 1.54) is 64.9 Å². The van der Waals surface area contributed by atoms with Crippen LogP contribution in [0.1, 0.15) is 101 Å². The van der Waals surface area contributed by atoms with Gasteiger partial charge in [-0.1, -0.05) is 44.2 Å². The molecule has 2 atom stereocenters. The van der Waals surface area contributed by atoms with Crippen molar-refractivity contribution >= 4 is 22.9 Å². The molecule has 2 unspecified atom stereocenters. The second-order valence-corrected chi connectivity index (χ2v) is 11.7. The van der Waals surface area contributed by atoms with Gasteiger partial charge in [-0.05, 0) is 64.5 Å². The maximum Gasteiger partial charge on any atom is 0.330 e. The van der Waals surface area contributed by atoms with E-state index in [2.05, 4.69) is 15.2 Å². The smallest absolute Gasteiger partial charge is 0.330 e. The normalized spacial score (nSPS) is 25.4. The van der Waals surface area contributed by atoms with Crippen LogP contribution in [0.25, 0.3) is 11.0 Å². The lowest BCUT2D eigenvalue weighted by Crippen LogP contribution is -2.52. The minimum Gasteiger partial charge on any atom is -0.467 e. The van der Waals surface area contributed by atoms with Crippen molar-refractivity contribution in [2.45, 2.75) is 114 Å². The highest BCUT2D eigenvalue weighted by atomic mass is 16.5. The van der Waals surface area contributed by atoms with Gasteiger partial charge in [0.15, 0.2) is 5.69 Å². The zero-order valence-corrected chi connectivity index (χ0v) is 22.4. The Balaban J connectivity index is 1.46. The highest BCUT2D eigenvalue weighted by Crippen LogP contribution is 2.44. The zero-order chi connectivity index (χ0) is 26.2.